The molecule has 0 saturated heterocycles. The van der Waals surface area contributed by atoms with Gasteiger partial charge in [-0.2, -0.15) is 0 Å². The van der Waals surface area contributed by atoms with Gasteiger partial charge in [-0.3, -0.25) is 14.4 Å². The molecule has 11 heteroatoms. The summed E-state index contributed by atoms with van der Waals surface area (Å²) in [5.74, 6) is -3.38. The first kappa shape index (κ1) is 29.2. The van der Waals surface area contributed by atoms with E-state index in [4.69, 9.17) is 30.5 Å². The Morgan fingerprint density at radius 3 is 2.56 bits per heavy atom. The number of ketones is 2. The van der Waals surface area contributed by atoms with Crippen LogP contribution in [0.25, 0.3) is 10.9 Å². The number of benzene rings is 2. The number of aromatic nitrogens is 1. The summed E-state index contributed by atoms with van der Waals surface area (Å²) < 4.78 is 24.2. The molecule has 3 aliphatic heterocycles. The molecule has 0 saturated carbocycles. The molecule has 4 aliphatic rings. The molecule has 3 atom stereocenters. The van der Waals surface area contributed by atoms with Gasteiger partial charge in [0.05, 0.1) is 38.3 Å². The number of carbonyl (C=O) groups is 3. The molecule has 2 aromatic carbocycles. The van der Waals surface area contributed by atoms with Crippen molar-refractivity contribution in [2.24, 2.45) is 5.92 Å². The number of halogens is 1. The summed E-state index contributed by atoms with van der Waals surface area (Å²) in [4.78, 5) is 57.3. The number of esters is 1. The van der Waals surface area contributed by atoms with Crippen LogP contribution in [0.4, 0.5) is 0 Å². The molecule has 1 N–H and O–H groups in total. The average Bonchev–Trinajstić information content (AvgIpc) is 3.35. The lowest BCUT2D eigenvalue weighted by molar-refractivity contribution is -0.136. The highest BCUT2D eigenvalue weighted by atomic mass is 35.5. The molecule has 1 unspecified atom stereocenters. The summed E-state index contributed by atoms with van der Waals surface area (Å²) in [6, 6.07) is 9.10. The third kappa shape index (κ3) is 3.81. The number of methoxy groups -OCH3 is 3. The van der Waals surface area contributed by atoms with Gasteiger partial charge in [0, 0.05) is 41.1 Å². The minimum atomic E-state index is -2.02. The average molecular weight is 631 g/mol. The highest BCUT2D eigenvalue weighted by molar-refractivity contribution is 6.36. The van der Waals surface area contributed by atoms with Crippen LogP contribution >= 0.6 is 11.6 Å². The number of fused-ring (bicyclic) bond motifs is 1. The van der Waals surface area contributed by atoms with Crippen molar-refractivity contribution < 1.29 is 33.3 Å². The number of carbonyl (C=O) groups excluding carboxylic acids is 3. The van der Waals surface area contributed by atoms with Gasteiger partial charge >= 0.3 is 5.97 Å². The van der Waals surface area contributed by atoms with Crippen molar-refractivity contribution in [1.29, 1.82) is 0 Å². The monoisotopic (exact) mass is 630 g/mol. The van der Waals surface area contributed by atoms with Gasteiger partial charge in [-0.1, -0.05) is 36.7 Å². The molecule has 232 valence electrons. The van der Waals surface area contributed by atoms with E-state index in [-0.39, 0.29) is 56.5 Å². The Labute approximate surface area is 263 Å². The number of ether oxygens (including phenoxy) is 4. The van der Waals surface area contributed by atoms with Gasteiger partial charge in [-0.05, 0) is 43.2 Å². The summed E-state index contributed by atoms with van der Waals surface area (Å²) in [7, 11) is 4.07. The molecule has 10 nitrogen and oxygen atoms in total. The normalized spacial score (nSPS) is 23.5. The summed E-state index contributed by atoms with van der Waals surface area (Å²) in [6.07, 6.45) is 1.84. The van der Waals surface area contributed by atoms with E-state index >= 15 is 4.79 Å². The van der Waals surface area contributed by atoms with Crippen LogP contribution < -0.4 is 25.1 Å². The predicted molar refractivity (Wildman–Crippen MR) is 165 cm³/mol. The van der Waals surface area contributed by atoms with Gasteiger partial charge in [-0.25, -0.2) is 4.79 Å². The quantitative estimate of drug-likeness (QED) is 0.325. The molecule has 4 heterocycles. The number of aryl methyl sites for hydroxylation is 2. The molecule has 1 aliphatic carbocycles. The fourth-order valence-electron chi connectivity index (χ4n) is 7.56. The number of nitrogens with one attached hydrogen (secondary N) is 1. The zero-order valence-corrected chi connectivity index (χ0v) is 26.2. The van der Waals surface area contributed by atoms with Crippen molar-refractivity contribution in [2.45, 2.75) is 51.2 Å². The Bertz CT molecular complexity index is 2010. The smallest absolute Gasteiger partial charge is 0.336 e. The maximum Gasteiger partial charge on any atom is 0.336 e. The fourth-order valence-corrected chi connectivity index (χ4v) is 7.82. The maximum absolute atomic E-state index is 15.0. The molecule has 0 radical (unpaired) electrons. The summed E-state index contributed by atoms with van der Waals surface area (Å²) in [5, 5.41) is 4.09. The van der Waals surface area contributed by atoms with E-state index in [1.807, 2.05) is 18.2 Å². The highest BCUT2D eigenvalue weighted by Crippen LogP contribution is 2.56. The van der Waals surface area contributed by atoms with E-state index in [2.05, 4.69) is 5.32 Å². The molecule has 7 rings (SSSR count). The molecule has 1 spiro atoms. The van der Waals surface area contributed by atoms with Gasteiger partial charge in [0.25, 0.3) is 5.56 Å². The van der Waals surface area contributed by atoms with E-state index in [0.717, 1.165) is 29.3 Å². The molecule has 0 fully saturated rings. The first-order valence-corrected chi connectivity index (χ1v) is 15.1. The number of nitrogens with zero attached hydrogens (tertiary/aromatic N) is 1. The third-order valence-corrected chi connectivity index (χ3v) is 9.98. The molecular weight excluding hydrogens is 600 g/mol. The van der Waals surface area contributed by atoms with Crippen molar-refractivity contribution in [3.05, 3.63) is 84.9 Å². The molecule has 1 aromatic heterocycles. The van der Waals surface area contributed by atoms with Crippen LogP contribution in [0, 0.1) is 5.92 Å². The van der Waals surface area contributed by atoms with Crippen LogP contribution in [0.1, 0.15) is 54.1 Å². The van der Waals surface area contributed by atoms with Crippen molar-refractivity contribution in [3.8, 4) is 17.2 Å². The van der Waals surface area contributed by atoms with Gasteiger partial charge in [-0.15, -0.1) is 0 Å². The maximum atomic E-state index is 15.0. The first-order valence-electron chi connectivity index (χ1n) is 14.8. The van der Waals surface area contributed by atoms with Crippen LogP contribution in [0.2, 0.25) is 5.02 Å². The highest BCUT2D eigenvalue weighted by Gasteiger charge is 2.64. The zero-order chi connectivity index (χ0) is 31.9. The lowest BCUT2D eigenvalue weighted by Crippen LogP contribution is -2.58. The summed E-state index contributed by atoms with van der Waals surface area (Å²) >= 11 is 6.63. The van der Waals surface area contributed by atoms with Crippen LogP contribution in [0.5, 0.6) is 17.2 Å². The van der Waals surface area contributed by atoms with Crippen LogP contribution in [0.3, 0.4) is 0 Å². The van der Waals surface area contributed by atoms with Gasteiger partial charge in [0.1, 0.15) is 22.1 Å². The lowest BCUT2D eigenvalue weighted by atomic mass is 9.65. The fraction of sp³-hybridized carbons (Fsp3) is 0.353. The van der Waals surface area contributed by atoms with E-state index in [1.165, 1.54) is 27.4 Å². The van der Waals surface area contributed by atoms with Crippen LogP contribution in [-0.2, 0) is 27.3 Å². The van der Waals surface area contributed by atoms with Crippen LogP contribution in [-0.4, -0.2) is 49.0 Å². The van der Waals surface area contributed by atoms with Crippen LogP contribution in [0.15, 0.2) is 57.7 Å². The molecule has 0 amide bonds. The van der Waals surface area contributed by atoms with E-state index in [9.17, 15) is 14.4 Å². The lowest BCUT2D eigenvalue weighted by Gasteiger charge is -2.42. The SMILES string of the molecule is COC(=O)C1=C(C)NC2=C(C(=O)[C@@]3(Oc4c(Cl)c(OC)cc(OC)c4C3=O)[C@H](C)C2)C1c1cc2cccc3c2n(c1=O)CCC3. The van der Waals surface area contributed by atoms with Gasteiger partial charge in [0.15, 0.2) is 5.75 Å². The largest absolute Gasteiger partial charge is 0.496 e. The van der Waals surface area contributed by atoms with E-state index in [1.54, 1.807) is 24.5 Å². The number of hydrogen-bond donors (Lipinski definition) is 1. The molecule has 0 bridgehead atoms. The molecule has 3 aromatic rings. The van der Waals surface area contributed by atoms with Gasteiger partial charge in [0.2, 0.25) is 17.2 Å². The standard InChI is InChI=1S/C34H31ClN2O8/c1-15-12-20-25(30(38)34(15)31(39)26-21(42-3)14-22(43-4)27(35)29(26)45-34)24(23(16(2)36-20)33(41)44-5)19-13-18-9-6-8-17-10-7-11-37(28(17)18)32(19)40/h6,8-9,13-15,24,36H,7,10-12H2,1-5H3/t15-,24?,34+/m1/s1. The second-order valence-corrected chi connectivity index (χ2v) is 12.3. The van der Waals surface area contributed by atoms with E-state index < -0.39 is 35.0 Å². The Hall–Kier alpha value is -4.57. The Morgan fingerprint density at radius 1 is 1.09 bits per heavy atom. The Balaban J connectivity index is 1.47. The number of para-hydroxylation sites is 1. The van der Waals surface area contributed by atoms with Crippen molar-refractivity contribution >= 4 is 40.0 Å². The number of pyridine rings is 1. The van der Waals surface area contributed by atoms with E-state index in [0.29, 0.717) is 17.9 Å². The van der Waals surface area contributed by atoms with Crippen molar-refractivity contribution in [1.82, 2.24) is 9.88 Å². The van der Waals surface area contributed by atoms with Gasteiger partial charge < -0.3 is 28.8 Å². The number of Topliss-reactive ketones (excluding diaryl/α,β-unsaturated/α-hetero) is 2. The summed E-state index contributed by atoms with van der Waals surface area (Å²) in [6.45, 7) is 3.97. The number of hydrogen-bond acceptors (Lipinski definition) is 9. The van der Waals surface area contributed by atoms with Crippen molar-refractivity contribution in [2.75, 3.05) is 21.3 Å². The Kier molecular flexibility index (Phi) is 6.63. The third-order valence-electron chi connectivity index (χ3n) is 9.62. The number of dihydropyridines is 1. The molecular formula is C34H31ClN2O8. The first-order chi connectivity index (χ1) is 21.6. The predicted octanol–water partition coefficient (Wildman–Crippen LogP) is 4.63. The van der Waals surface area contributed by atoms with Crippen molar-refractivity contribution in [3.63, 3.8) is 0 Å². The minimum Gasteiger partial charge on any atom is -0.496 e. The topological polar surface area (TPSA) is 122 Å². The second kappa shape index (κ2) is 10.2. The summed E-state index contributed by atoms with van der Waals surface area (Å²) in [5.41, 5.74) is 1.08. The number of allylic oxidation sites excluding steroid dienone is 2. The number of rotatable bonds is 4. The zero-order valence-electron chi connectivity index (χ0n) is 25.5. The molecule has 45 heavy (non-hydrogen) atoms. The Morgan fingerprint density at radius 2 is 1.84 bits per heavy atom. The minimum absolute atomic E-state index is 0.00918. The second-order valence-electron chi connectivity index (χ2n) is 11.9.